The van der Waals surface area contributed by atoms with Crippen LogP contribution in [0.4, 0.5) is 4.39 Å². The molecular weight excluding hydrogens is 413 g/mol. The van der Waals surface area contributed by atoms with E-state index in [-0.39, 0.29) is 16.3 Å². The lowest BCUT2D eigenvalue weighted by Gasteiger charge is -2.15. The Kier molecular flexibility index (Phi) is 5.37. The summed E-state index contributed by atoms with van der Waals surface area (Å²) in [4.78, 5) is 17.4. The van der Waals surface area contributed by atoms with Crippen LogP contribution in [0.2, 0.25) is 0 Å². The number of thiazole rings is 1. The van der Waals surface area contributed by atoms with Crippen molar-refractivity contribution < 1.29 is 17.6 Å². The summed E-state index contributed by atoms with van der Waals surface area (Å²) in [6, 6.07) is 10.6. The summed E-state index contributed by atoms with van der Waals surface area (Å²) in [5.74, 6) is -0.852. The molecule has 29 heavy (non-hydrogen) atoms. The third kappa shape index (κ3) is 3.65. The quantitative estimate of drug-likeness (QED) is 0.633. The second kappa shape index (κ2) is 7.81. The number of carbonyl (C=O) groups excluding carboxylic acids is 1. The molecule has 1 aliphatic rings. The van der Waals surface area contributed by atoms with E-state index in [1.54, 1.807) is 16.7 Å². The molecule has 0 saturated carbocycles. The number of para-hydroxylation sites is 1. The minimum Gasteiger partial charge on any atom is -0.314 e. The van der Waals surface area contributed by atoms with Crippen LogP contribution in [0.25, 0.3) is 10.2 Å². The summed E-state index contributed by atoms with van der Waals surface area (Å²) in [7, 11) is -3.53. The van der Waals surface area contributed by atoms with Crippen LogP contribution in [0.5, 0.6) is 0 Å². The summed E-state index contributed by atoms with van der Waals surface area (Å²) in [5.41, 5.74) is 0.713. The Morgan fingerprint density at radius 1 is 1.14 bits per heavy atom. The Hall–Kier alpha value is -2.36. The molecule has 3 aromatic rings. The van der Waals surface area contributed by atoms with Crippen LogP contribution < -0.4 is 4.80 Å². The molecule has 6 nitrogen and oxygen atoms in total. The number of rotatable bonds is 4. The van der Waals surface area contributed by atoms with E-state index in [1.807, 2.05) is 6.92 Å². The summed E-state index contributed by atoms with van der Waals surface area (Å²) < 4.78 is 43.2. The first-order valence-electron chi connectivity index (χ1n) is 9.39. The van der Waals surface area contributed by atoms with Crippen molar-refractivity contribution in [3.63, 3.8) is 0 Å². The van der Waals surface area contributed by atoms with Gasteiger partial charge in [0.1, 0.15) is 5.82 Å². The lowest BCUT2D eigenvalue weighted by atomic mass is 10.2. The van der Waals surface area contributed by atoms with Crippen LogP contribution in [0, 0.1) is 5.82 Å². The van der Waals surface area contributed by atoms with Gasteiger partial charge in [-0.05, 0) is 56.2 Å². The van der Waals surface area contributed by atoms with Gasteiger partial charge in [0.2, 0.25) is 10.0 Å². The largest absolute Gasteiger partial charge is 0.314 e. The zero-order valence-electron chi connectivity index (χ0n) is 15.8. The van der Waals surface area contributed by atoms with Crippen LogP contribution >= 0.6 is 11.3 Å². The summed E-state index contributed by atoms with van der Waals surface area (Å²) >= 11 is 1.24. The average molecular weight is 434 g/mol. The normalized spacial score (nSPS) is 16.0. The molecule has 0 bridgehead atoms. The van der Waals surface area contributed by atoms with Crippen molar-refractivity contribution in [1.29, 1.82) is 0 Å². The van der Waals surface area contributed by atoms with Crippen molar-refractivity contribution in [1.82, 2.24) is 8.87 Å². The van der Waals surface area contributed by atoms with Crippen molar-refractivity contribution in [2.24, 2.45) is 4.99 Å². The molecule has 0 atom stereocenters. The number of nitrogens with zero attached hydrogens (tertiary/aromatic N) is 3. The van der Waals surface area contributed by atoms with Crippen molar-refractivity contribution in [3.05, 3.63) is 58.6 Å². The first-order chi connectivity index (χ1) is 13.9. The van der Waals surface area contributed by atoms with E-state index in [1.165, 1.54) is 46.0 Å². The molecule has 2 heterocycles. The fraction of sp³-hybridized carbons (Fsp3) is 0.300. The van der Waals surface area contributed by atoms with E-state index >= 15 is 0 Å². The zero-order chi connectivity index (χ0) is 20.6. The molecule has 1 aliphatic heterocycles. The smallest absolute Gasteiger partial charge is 0.279 e. The fourth-order valence-corrected chi connectivity index (χ4v) is 6.09. The molecule has 0 spiro atoms. The molecule has 1 saturated heterocycles. The summed E-state index contributed by atoms with van der Waals surface area (Å²) in [6.07, 6.45) is 1.73. The highest BCUT2D eigenvalue weighted by atomic mass is 32.2. The topological polar surface area (TPSA) is 71.7 Å². The first-order valence-corrected chi connectivity index (χ1v) is 11.6. The van der Waals surface area contributed by atoms with E-state index in [9.17, 15) is 17.6 Å². The predicted molar refractivity (Wildman–Crippen MR) is 110 cm³/mol. The number of aromatic nitrogens is 1. The molecule has 1 amide bonds. The first kappa shape index (κ1) is 19.9. The van der Waals surface area contributed by atoms with E-state index < -0.39 is 15.9 Å². The lowest BCUT2D eigenvalue weighted by Crippen LogP contribution is -2.27. The summed E-state index contributed by atoms with van der Waals surface area (Å²) in [6.45, 7) is 3.38. The predicted octanol–water partition coefficient (Wildman–Crippen LogP) is 3.39. The number of benzene rings is 2. The Morgan fingerprint density at radius 3 is 2.48 bits per heavy atom. The van der Waals surface area contributed by atoms with Crippen LogP contribution in [0.1, 0.15) is 30.1 Å². The van der Waals surface area contributed by atoms with Crippen molar-refractivity contribution in [3.8, 4) is 0 Å². The number of hydrogen-bond acceptors (Lipinski definition) is 4. The maximum Gasteiger partial charge on any atom is 0.279 e. The minimum atomic E-state index is -3.53. The van der Waals surface area contributed by atoms with Gasteiger partial charge in [-0.3, -0.25) is 4.79 Å². The van der Waals surface area contributed by atoms with Crippen molar-refractivity contribution >= 4 is 37.5 Å². The van der Waals surface area contributed by atoms with Gasteiger partial charge in [-0.15, -0.1) is 0 Å². The third-order valence-corrected chi connectivity index (χ3v) is 7.93. The van der Waals surface area contributed by atoms with Gasteiger partial charge >= 0.3 is 0 Å². The second-order valence-electron chi connectivity index (χ2n) is 6.77. The highest BCUT2D eigenvalue weighted by Crippen LogP contribution is 2.22. The molecule has 2 aromatic carbocycles. The van der Waals surface area contributed by atoms with Crippen LogP contribution in [0.3, 0.4) is 0 Å². The molecule has 152 valence electrons. The third-order valence-electron chi connectivity index (χ3n) is 4.97. The van der Waals surface area contributed by atoms with Gasteiger partial charge in [-0.2, -0.15) is 9.30 Å². The second-order valence-corrected chi connectivity index (χ2v) is 9.72. The number of fused-ring (bicyclic) bond motifs is 1. The van der Waals surface area contributed by atoms with Gasteiger partial charge in [0.15, 0.2) is 4.80 Å². The maximum absolute atomic E-state index is 14.2. The number of sulfonamides is 1. The van der Waals surface area contributed by atoms with Gasteiger partial charge < -0.3 is 4.57 Å². The van der Waals surface area contributed by atoms with Crippen LogP contribution in [0.15, 0.2) is 52.4 Å². The monoisotopic (exact) mass is 433 g/mol. The molecule has 1 aromatic heterocycles. The Balaban J connectivity index is 1.67. The fourth-order valence-electron chi connectivity index (χ4n) is 3.46. The van der Waals surface area contributed by atoms with Gasteiger partial charge in [-0.25, -0.2) is 12.8 Å². The van der Waals surface area contributed by atoms with Crippen LogP contribution in [-0.2, 0) is 16.6 Å². The molecule has 0 radical (unpaired) electrons. The van der Waals surface area contributed by atoms with Crippen molar-refractivity contribution in [2.75, 3.05) is 13.1 Å². The molecule has 4 rings (SSSR count). The average Bonchev–Trinajstić information content (AvgIpc) is 3.37. The maximum atomic E-state index is 14.2. The standard InChI is InChI=1S/C20H20FN3O3S2/c1-2-24-18-16(21)6-5-7-17(18)28-20(24)22-19(25)14-8-10-15(11-9-14)29(26,27)23-12-3-4-13-23/h5-11H,2-4,12-13H2,1H3. The van der Waals surface area contributed by atoms with E-state index in [0.717, 1.165) is 12.8 Å². The number of carbonyl (C=O) groups is 1. The number of hydrogen-bond donors (Lipinski definition) is 0. The minimum absolute atomic E-state index is 0.170. The lowest BCUT2D eigenvalue weighted by molar-refractivity contribution is 0.0997. The van der Waals surface area contributed by atoms with Gasteiger partial charge in [0.05, 0.1) is 15.1 Å². The molecular formula is C20H20FN3O3S2. The SMILES string of the molecule is CCn1c(=NC(=O)c2ccc(S(=O)(=O)N3CCCC3)cc2)sc2cccc(F)c21. The highest BCUT2D eigenvalue weighted by molar-refractivity contribution is 7.89. The highest BCUT2D eigenvalue weighted by Gasteiger charge is 2.27. The molecule has 0 N–H and O–H groups in total. The van der Waals surface area contributed by atoms with E-state index in [0.29, 0.717) is 34.7 Å². The molecule has 0 unspecified atom stereocenters. The van der Waals surface area contributed by atoms with Crippen molar-refractivity contribution in [2.45, 2.75) is 31.2 Å². The van der Waals surface area contributed by atoms with Gasteiger partial charge in [0, 0.05) is 25.2 Å². The summed E-state index contributed by atoms with van der Waals surface area (Å²) in [5, 5.41) is 0. The molecule has 1 fully saturated rings. The number of halogens is 1. The van der Waals surface area contributed by atoms with E-state index in [4.69, 9.17) is 0 Å². The Morgan fingerprint density at radius 2 is 1.83 bits per heavy atom. The molecule has 0 aliphatic carbocycles. The van der Waals surface area contributed by atoms with Gasteiger partial charge in [0.25, 0.3) is 5.91 Å². The van der Waals surface area contributed by atoms with Crippen LogP contribution in [-0.4, -0.2) is 36.3 Å². The Bertz CT molecular complexity index is 1240. The molecule has 9 heteroatoms. The van der Waals surface area contributed by atoms with Gasteiger partial charge in [-0.1, -0.05) is 17.4 Å². The number of amides is 1. The number of aryl methyl sites for hydroxylation is 1. The zero-order valence-corrected chi connectivity index (χ0v) is 17.5. The Labute approximate surface area is 172 Å². The van der Waals surface area contributed by atoms with E-state index in [2.05, 4.69) is 4.99 Å².